The van der Waals surface area contributed by atoms with Crippen molar-refractivity contribution in [3.8, 4) is 0 Å². The summed E-state index contributed by atoms with van der Waals surface area (Å²) in [6.07, 6.45) is 1.28. The van der Waals surface area contributed by atoms with Crippen LogP contribution in [0.1, 0.15) is 24.5 Å². The number of benzene rings is 1. The third kappa shape index (κ3) is 3.34. The Morgan fingerprint density at radius 2 is 2.22 bits per heavy atom. The molecular formula is C15H23BrN2. The van der Waals surface area contributed by atoms with Gasteiger partial charge in [0, 0.05) is 17.6 Å². The van der Waals surface area contributed by atoms with E-state index in [1.807, 2.05) is 0 Å². The van der Waals surface area contributed by atoms with Crippen molar-refractivity contribution < 1.29 is 0 Å². The van der Waals surface area contributed by atoms with Gasteiger partial charge in [-0.1, -0.05) is 35.0 Å². The number of likely N-dealkylation sites (tertiary alicyclic amines) is 1. The first-order valence-corrected chi connectivity index (χ1v) is 7.57. The summed E-state index contributed by atoms with van der Waals surface area (Å²) in [5.74, 6) is 1.44. The van der Waals surface area contributed by atoms with Crippen molar-refractivity contribution in [1.82, 2.24) is 4.90 Å². The van der Waals surface area contributed by atoms with Crippen LogP contribution in [0.5, 0.6) is 0 Å². The molecule has 3 heteroatoms. The third-order valence-corrected chi connectivity index (χ3v) is 5.02. The molecule has 1 aliphatic rings. The van der Waals surface area contributed by atoms with E-state index >= 15 is 0 Å². The van der Waals surface area contributed by atoms with Crippen molar-refractivity contribution in [3.63, 3.8) is 0 Å². The van der Waals surface area contributed by atoms with Crippen LogP contribution in [0.3, 0.4) is 0 Å². The Kier molecular flexibility index (Phi) is 4.82. The average Bonchev–Trinajstić information content (AvgIpc) is 2.36. The van der Waals surface area contributed by atoms with Crippen molar-refractivity contribution in [3.05, 3.63) is 33.8 Å². The summed E-state index contributed by atoms with van der Waals surface area (Å²) in [7, 11) is 0. The van der Waals surface area contributed by atoms with Crippen molar-refractivity contribution in [2.75, 3.05) is 19.6 Å². The van der Waals surface area contributed by atoms with Gasteiger partial charge >= 0.3 is 0 Å². The van der Waals surface area contributed by atoms with Gasteiger partial charge < -0.3 is 5.73 Å². The molecule has 0 radical (unpaired) electrons. The van der Waals surface area contributed by atoms with Gasteiger partial charge in [-0.05, 0) is 55.5 Å². The summed E-state index contributed by atoms with van der Waals surface area (Å²) in [4.78, 5) is 2.54. The summed E-state index contributed by atoms with van der Waals surface area (Å²) in [6, 6.07) is 6.64. The Bertz CT molecular complexity index is 405. The Morgan fingerprint density at radius 3 is 2.89 bits per heavy atom. The number of nitrogens with two attached hydrogens (primary N) is 1. The van der Waals surface area contributed by atoms with E-state index in [0.29, 0.717) is 5.92 Å². The largest absolute Gasteiger partial charge is 0.330 e. The maximum atomic E-state index is 5.86. The molecule has 0 amide bonds. The van der Waals surface area contributed by atoms with Crippen LogP contribution in [0.2, 0.25) is 0 Å². The SMILES string of the molecule is Cc1cc(CN2CCC(C)C(CN)C2)ccc1Br. The minimum Gasteiger partial charge on any atom is -0.330 e. The van der Waals surface area contributed by atoms with Gasteiger partial charge in [0.1, 0.15) is 0 Å². The highest BCUT2D eigenvalue weighted by molar-refractivity contribution is 9.10. The highest BCUT2D eigenvalue weighted by Crippen LogP contribution is 2.24. The molecule has 1 aliphatic heterocycles. The fraction of sp³-hybridized carbons (Fsp3) is 0.600. The molecule has 1 aromatic rings. The molecule has 1 fully saturated rings. The molecule has 2 nitrogen and oxygen atoms in total. The first kappa shape index (κ1) is 14.0. The molecule has 1 saturated heterocycles. The van der Waals surface area contributed by atoms with E-state index in [9.17, 15) is 0 Å². The second kappa shape index (κ2) is 6.18. The number of piperidine rings is 1. The molecule has 0 aromatic heterocycles. The van der Waals surface area contributed by atoms with Crippen LogP contribution in [-0.4, -0.2) is 24.5 Å². The average molecular weight is 311 g/mol. The van der Waals surface area contributed by atoms with Crippen molar-refractivity contribution in [2.24, 2.45) is 17.6 Å². The summed E-state index contributed by atoms with van der Waals surface area (Å²) in [6.45, 7) is 8.70. The van der Waals surface area contributed by atoms with E-state index in [4.69, 9.17) is 5.73 Å². The number of hydrogen-bond donors (Lipinski definition) is 1. The number of halogens is 1. The number of nitrogens with zero attached hydrogens (tertiary/aromatic N) is 1. The van der Waals surface area contributed by atoms with Crippen LogP contribution >= 0.6 is 15.9 Å². The summed E-state index contributed by atoms with van der Waals surface area (Å²) in [5, 5.41) is 0. The maximum Gasteiger partial charge on any atom is 0.0233 e. The topological polar surface area (TPSA) is 29.3 Å². The zero-order chi connectivity index (χ0) is 13.1. The molecule has 0 saturated carbocycles. The van der Waals surface area contributed by atoms with E-state index in [2.05, 4.69) is 52.9 Å². The van der Waals surface area contributed by atoms with Crippen LogP contribution < -0.4 is 5.73 Å². The lowest BCUT2D eigenvalue weighted by molar-refractivity contribution is 0.126. The smallest absolute Gasteiger partial charge is 0.0233 e. The van der Waals surface area contributed by atoms with E-state index in [0.717, 1.165) is 25.6 Å². The number of hydrogen-bond acceptors (Lipinski definition) is 2. The van der Waals surface area contributed by atoms with E-state index in [1.165, 1.54) is 28.6 Å². The fourth-order valence-corrected chi connectivity index (χ4v) is 2.99. The summed E-state index contributed by atoms with van der Waals surface area (Å²) in [5.41, 5.74) is 8.58. The Hall–Kier alpha value is -0.380. The first-order chi connectivity index (χ1) is 8.60. The van der Waals surface area contributed by atoms with Gasteiger partial charge in [-0.3, -0.25) is 4.90 Å². The molecule has 0 spiro atoms. The molecule has 18 heavy (non-hydrogen) atoms. The second-order valence-electron chi connectivity index (χ2n) is 5.58. The molecule has 1 aromatic carbocycles. The lowest BCUT2D eigenvalue weighted by Gasteiger charge is -2.36. The first-order valence-electron chi connectivity index (χ1n) is 6.77. The molecule has 2 rings (SSSR count). The Morgan fingerprint density at radius 1 is 1.44 bits per heavy atom. The van der Waals surface area contributed by atoms with E-state index < -0.39 is 0 Å². The number of rotatable bonds is 3. The molecular weight excluding hydrogens is 288 g/mol. The van der Waals surface area contributed by atoms with E-state index in [1.54, 1.807) is 0 Å². The van der Waals surface area contributed by atoms with Crippen LogP contribution in [0.15, 0.2) is 22.7 Å². The van der Waals surface area contributed by atoms with Gasteiger partial charge in [-0.2, -0.15) is 0 Å². The van der Waals surface area contributed by atoms with Crippen LogP contribution in [0.4, 0.5) is 0 Å². The normalized spacial score (nSPS) is 25.3. The van der Waals surface area contributed by atoms with Crippen molar-refractivity contribution in [2.45, 2.75) is 26.8 Å². The fourth-order valence-electron chi connectivity index (χ4n) is 2.74. The van der Waals surface area contributed by atoms with Gasteiger partial charge in [0.05, 0.1) is 0 Å². The van der Waals surface area contributed by atoms with Gasteiger partial charge in [0.15, 0.2) is 0 Å². The van der Waals surface area contributed by atoms with Crippen LogP contribution in [-0.2, 0) is 6.54 Å². The molecule has 2 atom stereocenters. The monoisotopic (exact) mass is 310 g/mol. The van der Waals surface area contributed by atoms with Gasteiger partial charge in [-0.25, -0.2) is 0 Å². The molecule has 100 valence electrons. The lowest BCUT2D eigenvalue weighted by Crippen LogP contribution is -2.42. The number of aryl methyl sites for hydroxylation is 1. The minimum atomic E-state index is 0.662. The van der Waals surface area contributed by atoms with Gasteiger partial charge in [-0.15, -0.1) is 0 Å². The molecule has 2 N–H and O–H groups in total. The zero-order valence-electron chi connectivity index (χ0n) is 11.3. The maximum absolute atomic E-state index is 5.86. The van der Waals surface area contributed by atoms with E-state index in [-0.39, 0.29) is 0 Å². The Balaban J connectivity index is 1.99. The van der Waals surface area contributed by atoms with Crippen LogP contribution in [0, 0.1) is 18.8 Å². The molecule has 0 bridgehead atoms. The third-order valence-electron chi connectivity index (χ3n) is 4.13. The Labute approximate surface area is 119 Å². The van der Waals surface area contributed by atoms with Crippen molar-refractivity contribution in [1.29, 1.82) is 0 Å². The highest BCUT2D eigenvalue weighted by Gasteiger charge is 2.24. The lowest BCUT2D eigenvalue weighted by atomic mass is 9.87. The predicted molar refractivity (Wildman–Crippen MR) is 80.5 cm³/mol. The highest BCUT2D eigenvalue weighted by atomic mass is 79.9. The summed E-state index contributed by atoms with van der Waals surface area (Å²) < 4.78 is 1.19. The molecule has 0 aliphatic carbocycles. The quantitative estimate of drug-likeness (QED) is 0.929. The minimum absolute atomic E-state index is 0.662. The zero-order valence-corrected chi connectivity index (χ0v) is 12.9. The van der Waals surface area contributed by atoms with Crippen molar-refractivity contribution >= 4 is 15.9 Å². The molecule has 2 unspecified atom stereocenters. The second-order valence-corrected chi connectivity index (χ2v) is 6.43. The van der Waals surface area contributed by atoms with Crippen LogP contribution in [0.25, 0.3) is 0 Å². The van der Waals surface area contributed by atoms with Gasteiger partial charge in [0.2, 0.25) is 0 Å². The molecule has 1 heterocycles. The summed E-state index contributed by atoms with van der Waals surface area (Å²) >= 11 is 3.55. The standard InChI is InChI=1S/C15H23BrN2/c1-11-5-6-18(10-14(11)8-17)9-13-3-4-15(16)12(2)7-13/h3-4,7,11,14H,5-6,8-10,17H2,1-2H3. The van der Waals surface area contributed by atoms with Gasteiger partial charge in [0.25, 0.3) is 0 Å². The predicted octanol–water partition coefficient (Wildman–Crippen LogP) is 3.17.